The molecule has 0 bridgehead atoms. The minimum Gasteiger partial charge on any atom is -0.371 e. The molecule has 0 saturated carbocycles. The molecule has 0 aromatic heterocycles. The highest BCUT2D eigenvalue weighted by Crippen LogP contribution is 2.22. The molecule has 6 heteroatoms. The molecule has 2 aliphatic heterocycles. The van der Waals surface area contributed by atoms with Crippen LogP contribution < -0.4 is 21.5 Å². The van der Waals surface area contributed by atoms with E-state index in [1.807, 2.05) is 24.3 Å². The fraction of sp³-hybridized carbons (Fsp3) is 0.588. The highest BCUT2D eigenvalue weighted by atomic mass is 16.5. The Hall–Kier alpha value is -1.47. The summed E-state index contributed by atoms with van der Waals surface area (Å²) >= 11 is 0. The summed E-state index contributed by atoms with van der Waals surface area (Å²) in [5.74, 6) is 0.269. The smallest absolute Gasteiger partial charge is 0.243 e. The van der Waals surface area contributed by atoms with Crippen molar-refractivity contribution in [2.24, 2.45) is 5.92 Å². The molecule has 6 nitrogen and oxygen atoms in total. The number of amides is 1. The van der Waals surface area contributed by atoms with Crippen LogP contribution in [0.3, 0.4) is 0 Å². The average Bonchev–Trinajstić information content (AvgIpc) is 2.97. The number of hydrogen-bond donors (Lipinski definition) is 4. The molecule has 0 spiro atoms. The van der Waals surface area contributed by atoms with E-state index in [2.05, 4.69) is 35.3 Å². The zero-order valence-electron chi connectivity index (χ0n) is 13.8. The number of anilines is 1. The number of rotatable bonds is 4. The zero-order chi connectivity index (χ0) is 16.2. The van der Waals surface area contributed by atoms with Gasteiger partial charge >= 0.3 is 0 Å². The summed E-state index contributed by atoms with van der Waals surface area (Å²) in [6.07, 6.45) is 1.10. The number of carbonyl (C=O) groups is 1. The molecule has 3 rings (SSSR count). The van der Waals surface area contributed by atoms with Gasteiger partial charge in [-0.05, 0) is 30.0 Å². The van der Waals surface area contributed by atoms with Crippen LogP contribution in [-0.4, -0.2) is 37.7 Å². The van der Waals surface area contributed by atoms with Crippen molar-refractivity contribution < 1.29 is 9.53 Å². The van der Waals surface area contributed by atoms with Crippen molar-refractivity contribution in [3.05, 3.63) is 29.8 Å². The van der Waals surface area contributed by atoms with Crippen molar-refractivity contribution in [1.29, 1.82) is 0 Å². The van der Waals surface area contributed by atoms with Crippen molar-refractivity contribution in [2.45, 2.75) is 38.5 Å². The fourth-order valence-corrected chi connectivity index (χ4v) is 3.25. The first kappa shape index (κ1) is 16.4. The SMILES string of the molecule is CCC1NNC(C(=O)Nc2ccc([C@H]3CNCCO3)cc2)C1C. The standard InChI is InChI=1S/C17H26N4O2/c1-3-14-11(2)16(21-20-14)17(22)19-13-6-4-12(5-7-13)15-10-18-8-9-23-15/h4-7,11,14-16,18,20-21H,3,8-10H2,1-2H3,(H,19,22)/t11?,14?,15-,16?/m1/s1. The molecule has 0 radical (unpaired) electrons. The van der Waals surface area contributed by atoms with Crippen LogP contribution in [0.5, 0.6) is 0 Å². The summed E-state index contributed by atoms with van der Waals surface area (Å²) in [6, 6.07) is 8.05. The Morgan fingerprint density at radius 3 is 2.70 bits per heavy atom. The zero-order valence-corrected chi connectivity index (χ0v) is 13.8. The maximum atomic E-state index is 12.4. The van der Waals surface area contributed by atoms with Crippen LogP contribution in [0, 0.1) is 5.92 Å². The van der Waals surface area contributed by atoms with Gasteiger partial charge in [0.2, 0.25) is 5.91 Å². The Morgan fingerprint density at radius 1 is 1.30 bits per heavy atom. The largest absolute Gasteiger partial charge is 0.371 e. The lowest BCUT2D eigenvalue weighted by Crippen LogP contribution is -2.41. The second-order valence-corrected chi connectivity index (χ2v) is 6.32. The maximum Gasteiger partial charge on any atom is 0.243 e. The number of hydrogen-bond acceptors (Lipinski definition) is 5. The second-order valence-electron chi connectivity index (χ2n) is 6.32. The molecular weight excluding hydrogens is 292 g/mol. The van der Waals surface area contributed by atoms with Crippen LogP contribution in [0.25, 0.3) is 0 Å². The highest BCUT2D eigenvalue weighted by Gasteiger charge is 2.35. The van der Waals surface area contributed by atoms with Gasteiger partial charge < -0.3 is 15.4 Å². The molecule has 4 atom stereocenters. The van der Waals surface area contributed by atoms with E-state index in [9.17, 15) is 4.79 Å². The minimum atomic E-state index is -0.203. The lowest BCUT2D eigenvalue weighted by atomic mass is 9.94. The second kappa shape index (κ2) is 7.40. The fourth-order valence-electron chi connectivity index (χ4n) is 3.25. The molecule has 2 saturated heterocycles. The molecule has 0 aliphatic carbocycles. The molecule has 4 N–H and O–H groups in total. The number of hydrazine groups is 1. The number of nitrogens with one attached hydrogen (secondary N) is 4. The summed E-state index contributed by atoms with van der Waals surface area (Å²) < 4.78 is 5.74. The van der Waals surface area contributed by atoms with Crippen molar-refractivity contribution in [2.75, 3.05) is 25.0 Å². The third-order valence-electron chi connectivity index (χ3n) is 4.78. The monoisotopic (exact) mass is 318 g/mol. The first-order valence-electron chi connectivity index (χ1n) is 8.43. The quantitative estimate of drug-likeness (QED) is 0.671. The molecular formula is C17H26N4O2. The molecule has 1 aromatic rings. The van der Waals surface area contributed by atoms with Gasteiger partial charge in [-0.1, -0.05) is 26.0 Å². The highest BCUT2D eigenvalue weighted by molar-refractivity contribution is 5.95. The van der Waals surface area contributed by atoms with Crippen LogP contribution in [0.2, 0.25) is 0 Å². The molecule has 2 heterocycles. The van der Waals surface area contributed by atoms with Gasteiger partial charge in [0, 0.05) is 24.8 Å². The van der Waals surface area contributed by atoms with Gasteiger partial charge in [0.25, 0.3) is 0 Å². The molecule has 126 valence electrons. The molecule has 2 fully saturated rings. The molecule has 23 heavy (non-hydrogen) atoms. The van der Waals surface area contributed by atoms with E-state index in [-0.39, 0.29) is 24.0 Å². The number of carbonyl (C=O) groups excluding carboxylic acids is 1. The molecule has 2 aliphatic rings. The third kappa shape index (κ3) is 3.72. The Balaban J connectivity index is 1.58. The van der Waals surface area contributed by atoms with Gasteiger partial charge in [-0.2, -0.15) is 0 Å². The van der Waals surface area contributed by atoms with E-state index in [4.69, 9.17) is 4.74 Å². The molecule has 1 amide bonds. The maximum absolute atomic E-state index is 12.4. The first-order chi connectivity index (χ1) is 11.2. The van der Waals surface area contributed by atoms with Crippen molar-refractivity contribution in [3.63, 3.8) is 0 Å². The van der Waals surface area contributed by atoms with Gasteiger partial charge in [-0.25, -0.2) is 5.43 Å². The predicted molar refractivity (Wildman–Crippen MR) is 89.9 cm³/mol. The van der Waals surface area contributed by atoms with Crippen LogP contribution in [0.15, 0.2) is 24.3 Å². The average molecular weight is 318 g/mol. The van der Waals surface area contributed by atoms with E-state index < -0.39 is 0 Å². The summed E-state index contributed by atoms with van der Waals surface area (Å²) in [6.45, 7) is 6.70. The predicted octanol–water partition coefficient (Wildman–Crippen LogP) is 1.18. The van der Waals surface area contributed by atoms with E-state index in [0.29, 0.717) is 6.04 Å². The number of ether oxygens (including phenoxy) is 1. The third-order valence-corrected chi connectivity index (χ3v) is 4.78. The van der Waals surface area contributed by atoms with E-state index >= 15 is 0 Å². The summed E-state index contributed by atoms with van der Waals surface area (Å²) in [7, 11) is 0. The Bertz CT molecular complexity index is 528. The van der Waals surface area contributed by atoms with Crippen LogP contribution in [0.1, 0.15) is 31.9 Å². The summed E-state index contributed by atoms with van der Waals surface area (Å²) in [5, 5.41) is 6.31. The van der Waals surface area contributed by atoms with Gasteiger partial charge in [-0.3, -0.25) is 10.2 Å². The summed E-state index contributed by atoms with van der Waals surface area (Å²) in [4.78, 5) is 12.4. The van der Waals surface area contributed by atoms with E-state index in [0.717, 1.165) is 37.4 Å². The lowest BCUT2D eigenvalue weighted by Gasteiger charge is -2.24. The van der Waals surface area contributed by atoms with Crippen LogP contribution in [-0.2, 0) is 9.53 Å². The number of morpholine rings is 1. The van der Waals surface area contributed by atoms with Crippen molar-refractivity contribution in [1.82, 2.24) is 16.2 Å². The normalized spacial score (nSPS) is 31.0. The van der Waals surface area contributed by atoms with E-state index in [1.165, 1.54) is 0 Å². The van der Waals surface area contributed by atoms with Crippen LogP contribution in [0.4, 0.5) is 5.69 Å². The first-order valence-corrected chi connectivity index (χ1v) is 8.43. The van der Waals surface area contributed by atoms with Crippen molar-refractivity contribution in [3.8, 4) is 0 Å². The summed E-state index contributed by atoms with van der Waals surface area (Å²) in [5.41, 5.74) is 8.24. The Labute approximate surface area is 137 Å². The Morgan fingerprint density at radius 2 is 2.09 bits per heavy atom. The van der Waals surface area contributed by atoms with Gasteiger partial charge in [-0.15, -0.1) is 0 Å². The topological polar surface area (TPSA) is 74.4 Å². The molecule has 3 unspecified atom stereocenters. The van der Waals surface area contributed by atoms with Gasteiger partial charge in [0.1, 0.15) is 6.04 Å². The van der Waals surface area contributed by atoms with Crippen LogP contribution >= 0.6 is 0 Å². The van der Waals surface area contributed by atoms with Crippen molar-refractivity contribution >= 4 is 11.6 Å². The van der Waals surface area contributed by atoms with E-state index in [1.54, 1.807) is 0 Å². The van der Waals surface area contributed by atoms with Gasteiger partial charge in [0.15, 0.2) is 0 Å². The Kier molecular flexibility index (Phi) is 5.27. The van der Waals surface area contributed by atoms with Gasteiger partial charge in [0.05, 0.1) is 12.7 Å². The minimum absolute atomic E-state index is 0.00397. The number of benzene rings is 1. The molecule has 1 aromatic carbocycles. The lowest BCUT2D eigenvalue weighted by molar-refractivity contribution is -0.118.